The molecule has 0 aliphatic heterocycles. The Kier molecular flexibility index (Phi) is 3.18. The van der Waals surface area contributed by atoms with Gasteiger partial charge in [0, 0.05) is 11.5 Å². The third-order valence-electron chi connectivity index (χ3n) is 3.91. The van der Waals surface area contributed by atoms with Crippen LogP contribution in [0, 0.1) is 0 Å². The van der Waals surface area contributed by atoms with Crippen LogP contribution in [0.5, 0.6) is 11.5 Å². The Morgan fingerprint density at radius 3 is 2.40 bits per heavy atom. The molecule has 1 aliphatic carbocycles. The van der Waals surface area contributed by atoms with Gasteiger partial charge in [-0.1, -0.05) is 12.1 Å². The van der Waals surface area contributed by atoms with Crippen molar-refractivity contribution in [2.24, 2.45) is 0 Å². The van der Waals surface area contributed by atoms with Crippen LogP contribution in [0.4, 0.5) is 0 Å². The Balaban J connectivity index is 2.00. The first-order chi connectivity index (χ1) is 9.65. The SMILES string of the molecule is O=C1c2ccc(O)cc2CCCC1c1ccc(O)cc1. The van der Waals surface area contributed by atoms with E-state index in [0.29, 0.717) is 5.56 Å². The van der Waals surface area contributed by atoms with Gasteiger partial charge in [0.05, 0.1) is 0 Å². The number of aromatic hydroxyl groups is 2. The van der Waals surface area contributed by atoms with Crippen molar-refractivity contribution in [1.29, 1.82) is 0 Å². The molecule has 0 heterocycles. The zero-order valence-corrected chi connectivity index (χ0v) is 11.0. The lowest BCUT2D eigenvalue weighted by molar-refractivity contribution is 0.0957. The molecular formula is C17H16O3. The van der Waals surface area contributed by atoms with Crippen molar-refractivity contribution in [1.82, 2.24) is 0 Å². The lowest BCUT2D eigenvalue weighted by atomic mass is 9.88. The minimum absolute atomic E-state index is 0.100. The fourth-order valence-electron chi connectivity index (χ4n) is 2.87. The average molecular weight is 268 g/mol. The van der Waals surface area contributed by atoms with Gasteiger partial charge in [-0.25, -0.2) is 0 Å². The Hall–Kier alpha value is -2.29. The maximum absolute atomic E-state index is 12.7. The highest BCUT2D eigenvalue weighted by Crippen LogP contribution is 2.33. The van der Waals surface area contributed by atoms with Crippen molar-refractivity contribution in [3.05, 3.63) is 59.2 Å². The molecule has 0 aromatic heterocycles. The maximum atomic E-state index is 12.7. The summed E-state index contributed by atoms with van der Waals surface area (Å²) in [5.74, 6) is 0.351. The van der Waals surface area contributed by atoms with Gasteiger partial charge in [0.1, 0.15) is 11.5 Å². The van der Waals surface area contributed by atoms with Crippen LogP contribution >= 0.6 is 0 Å². The van der Waals surface area contributed by atoms with Crippen molar-refractivity contribution in [2.45, 2.75) is 25.2 Å². The normalized spacial score (nSPS) is 18.4. The van der Waals surface area contributed by atoms with Crippen LogP contribution in [-0.2, 0) is 6.42 Å². The van der Waals surface area contributed by atoms with Gasteiger partial charge >= 0.3 is 0 Å². The number of ketones is 1. The largest absolute Gasteiger partial charge is 0.508 e. The van der Waals surface area contributed by atoms with E-state index in [1.54, 1.807) is 30.3 Å². The molecule has 2 aromatic rings. The van der Waals surface area contributed by atoms with E-state index in [1.807, 2.05) is 12.1 Å². The summed E-state index contributed by atoms with van der Waals surface area (Å²) in [6.45, 7) is 0. The zero-order valence-electron chi connectivity index (χ0n) is 11.0. The van der Waals surface area contributed by atoms with Gasteiger partial charge in [-0.3, -0.25) is 4.79 Å². The summed E-state index contributed by atoms with van der Waals surface area (Å²) in [5, 5.41) is 18.9. The maximum Gasteiger partial charge on any atom is 0.170 e. The van der Waals surface area contributed by atoms with Crippen molar-refractivity contribution >= 4 is 5.78 Å². The second kappa shape index (κ2) is 5.00. The molecule has 2 aromatic carbocycles. The van der Waals surface area contributed by atoms with Crippen LogP contribution in [0.25, 0.3) is 0 Å². The number of hydrogen-bond donors (Lipinski definition) is 2. The lowest BCUT2D eigenvalue weighted by Crippen LogP contribution is -2.12. The molecule has 0 saturated heterocycles. The molecule has 2 N–H and O–H groups in total. The van der Waals surface area contributed by atoms with E-state index in [9.17, 15) is 15.0 Å². The highest BCUT2D eigenvalue weighted by molar-refractivity contribution is 6.02. The second-order valence-electron chi connectivity index (χ2n) is 5.24. The van der Waals surface area contributed by atoms with Crippen molar-refractivity contribution < 1.29 is 15.0 Å². The number of phenolic OH excluding ortho intramolecular Hbond substituents is 2. The van der Waals surface area contributed by atoms with E-state index in [0.717, 1.165) is 30.4 Å². The monoisotopic (exact) mass is 268 g/mol. The molecule has 3 heteroatoms. The van der Waals surface area contributed by atoms with Crippen LogP contribution in [0.3, 0.4) is 0 Å². The van der Waals surface area contributed by atoms with Crippen molar-refractivity contribution in [3.8, 4) is 11.5 Å². The zero-order chi connectivity index (χ0) is 14.1. The molecule has 3 nitrogen and oxygen atoms in total. The third kappa shape index (κ3) is 2.27. The minimum atomic E-state index is -0.165. The molecule has 0 saturated carbocycles. The molecular weight excluding hydrogens is 252 g/mol. The fourth-order valence-corrected chi connectivity index (χ4v) is 2.87. The van der Waals surface area contributed by atoms with Crippen LogP contribution in [0.2, 0.25) is 0 Å². The molecule has 0 radical (unpaired) electrons. The summed E-state index contributed by atoms with van der Waals surface area (Å²) in [7, 11) is 0. The summed E-state index contributed by atoms with van der Waals surface area (Å²) in [6, 6.07) is 11.8. The van der Waals surface area contributed by atoms with Crippen LogP contribution in [0.15, 0.2) is 42.5 Å². The third-order valence-corrected chi connectivity index (χ3v) is 3.91. The Morgan fingerprint density at radius 2 is 1.65 bits per heavy atom. The van der Waals surface area contributed by atoms with E-state index in [2.05, 4.69) is 0 Å². The summed E-state index contributed by atoms with van der Waals surface area (Å²) in [4.78, 5) is 12.7. The van der Waals surface area contributed by atoms with Gasteiger partial charge in [0.2, 0.25) is 0 Å². The number of aryl methyl sites for hydroxylation is 1. The summed E-state index contributed by atoms with van der Waals surface area (Å²) in [6.07, 6.45) is 2.51. The molecule has 1 atom stereocenters. The summed E-state index contributed by atoms with van der Waals surface area (Å²) >= 11 is 0. The number of carbonyl (C=O) groups is 1. The number of fused-ring (bicyclic) bond motifs is 1. The quantitative estimate of drug-likeness (QED) is 0.779. The van der Waals surface area contributed by atoms with E-state index in [4.69, 9.17) is 0 Å². The first-order valence-corrected chi connectivity index (χ1v) is 6.80. The average Bonchev–Trinajstić information content (AvgIpc) is 2.59. The predicted molar refractivity (Wildman–Crippen MR) is 76.2 cm³/mol. The van der Waals surface area contributed by atoms with Gasteiger partial charge in [-0.15, -0.1) is 0 Å². The number of Topliss-reactive ketones (excluding diaryl/α,β-unsaturated/α-hetero) is 1. The van der Waals surface area contributed by atoms with Gasteiger partial charge in [-0.2, -0.15) is 0 Å². The number of hydrogen-bond acceptors (Lipinski definition) is 3. The summed E-state index contributed by atoms with van der Waals surface area (Å²) < 4.78 is 0. The number of carbonyl (C=O) groups excluding carboxylic acids is 1. The fraction of sp³-hybridized carbons (Fsp3) is 0.235. The van der Waals surface area contributed by atoms with Gasteiger partial charge < -0.3 is 10.2 Å². The van der Waals surface area contributed by atoms with Crippen LogP contribution in [-0.4, -0.2) is 16.0 Å². The molecule has 0 bridgehead atoms. The molecule has 102 valence electrons. The number of rotatable bonds is 1. The second-order valence-corrected chi connectivity index (χ2v) is 5.24. The molecule has 3 rings (SSSR count). The smallest absolute Gasteiger partial charge is 0.170 e. The van der Waals surface area contributed by atoms with Gasteiger partial charge in [-0.05, 0) is 60.7 Å². The number of benzene rings is 2. The predicted octanol–water partition coefficient (Wildman–Crippen LogP) is 3.40. The van der Waals surface area contributed by atoms with E-state index < -0.39 is 0 Å². The minimum Gasteiger partial charge on any atom is -0.508 e. The van der Waals surface area contributed by atoms with Gasteiger partial charge in [0.25, 0.3) is 0 Å². The van der Waals surface area contributed by atoms with E-state index in [-0.39, 0.29) is 23.2 Å². The standard InChI is InChI=1S/C17H16O3/c18-13-6-4-11(5-7-13)15-3-1-2-12-10-14(19)8-9-16(12)17(15)20/h4-10,15,18-19H,1-3H2. The highest BCUT2D eigenvalue weighted by atomic mass is 16.3. The molecule has 0 fully saturated rings. The Bertz CT molecular complexity index is 644. The lowest BCUT2D eigenvalue weighted by Gasteiger charge is -2.14. The van der Waals surface area contributed by atoms with E-state index >= 15 is 0 Å². The van der Waals surface area contributed by atoms with E-state index in [1.165, 1.54) is 0 Å². The first-order valence-electron chi connectivity index (χ1n) is 6.80. The number of phenols is 2. The van der Waals surface area contributed by atoms with Gasteiger partial charge in [0.15, 0.2) is 5.78 Å². The molecule has 20 heavy (non-hydrogen) atoms. The topological polar surface area (TPSA) is 57.5 Å². The Labute approximate surface area is 117 Å². The molecule has 0 amide bonds. The molecule has 1 unspecified atom stereocenters. The first kappa shape index (κ1) is 12.7. The van der Waals surface area contributed by atoms with Crippen molar-refractivity contribution in [2.75, 3.05) is 0 Å². The highest BCUT2D eigenvalue weighted by Gasteiger charge is 2.26. The molecule has 1 aliphatic rings. The Morgan fingerprint density at radius 1 is 0.950 bits per heavy atom. The molecule has 0 spiro atoms. The van der Waals surface area contributed by atoms with Crippen LogP contribution in [0.1, 0.15) is 40.2 Å². The summed E-state index contributed by atoms with van der Waals surface area (Å²) in [5.41, 5.74) is 2.57. The van der Waals surface area contributed by atoms with Crippen LogP contribution < -0.4 is 0 Å². The van der Waals surface area contributed by atoms with Crippen molar-refractivity contribution in [3.63, 3.8) is 0 Å².